The molecule has 1 aromatic rings. The predicted molar refractivity (Wildman–Crippen MR) is 63.2 cm³/mol. The number of carbonyl (C=O) groups excluding carboxylic acids is 1. The van der Waals surface area contributed by atoms with Crippen LogP contribution in [-0.2, 0) is 11.0 Å². The zero-order valence-electron chi connectivity index (χ0n) is 9.97. The number of halogens is 3. The summed E-state index contributed by atoms with van der Waals surface area (Å²) in [7, 11) is 0. The molecule has 1 amide bonds. The molecule has 0 radical (unpaired) electrons. The molecule has 0 atom stereocenters. The van der Waals surface area contributed by atoms with E-state index in [1.54, 1.807) is 0 Å². The van der Waals surface area contributed by atoms with Crippen LogP contribution in [-0.4, -0.2) is 19.0 Å². The number of amides is 1. The molecule has 0 unspecified atom stereocenters. The average molecular weight is 260 g/mol. The van der Waals surface area contributed by atoms with Crippen molar-refractivity contribution in [1.82, 2.24) is 5.32 Å². The van der Waals surface area contributed by atoms with Gasteiger partial charge in [-0.05, 0) is 37.2 Å². The van der Waals surface area contributed by atoms with Crippen LogP contribution in [0.3, 0.4) is 0 Å². The smallest absolute Gasteiger partial charge is 0.325 e. The maximum atomic E-state index is 12.3. The summed E-state index contributed by atoms with van der Waals surface area (Å²) in [6.45, 7) is 2.84. The molecule has 1 rings (SSSR count). The molecule has 3 nitrogen and oxygen atoms in total. The number of benzene rings is 1. The fraction of sp³-hybridized carbons (Fsp3) is 0.417. The van der Waals surface area contributed by atoms with E-state index >= 15 is 0 Å². The molecular weight excluding hydrogens is 245 g/mol. The number of carbonyl (C=O) groups is 1. The molecule has 18 heavy (non-hydrogen) atoms. The monoisotopic (exact) mass is 260 g/mol. The Balaban J connectivity index is 2.51. The molecule has 0 bridgehead atoms. The molecule has 0 saturated carbocycles. The third-order valence-corrected chi connectivity index (χ3v) is 2.21. The Morgan fingerprint density at radius 3 is 2.33 bits per heavy atom. The summed E-state index contributed by atoms with van der Waals surface area (Å²) in [6.07, 6.45) is -3.45. The van der Waals surface area contributed by atoms with Gasteiger partial charge in [0.15, 0.2) is 0 Å². The summed E-state index contributed by atoms with van der Waals surface area (Å²) in [6, 6.07) is 4.35. The lowest BCUT2D eigenvalue weighted by molar-refractivity contribution is -0.137. The maximum absolute atomic E-state index is 12.3. The van der Waals surface area contributed by atoms with Gasteiger partial charge in [-0.3, -0.25) is 4.79 Å². The molecule has 2 N–H and O–H groups in total. The number of alkyl halides is 3. The number of rotatable bonds is 5. The van der Waals surface area contributed by atoms with Crippen molar-refractivity contribution in [3.05, 3.63) is 29.8 Å². The molecule has 0 aliphatic carbocycles. The van der Waals surface area contributed by atoms with E-state index in [1.165, 1.54) is 12.1 Å². The lowest BCUT2D eigenvalue weighted by Crippen LogP contribution is -2.28. The van der Waals surface area contributed by atoms with Gasteiger partial charge in [-0.1, -0.05) is 6.92 Å². The van der Waals surface area contributed by atoms with Gasteiger partial charge in [-0.2, -0.15) is 13.2 Å². The molecule has 0 aliphatic rings. The first-order valence-electron chi connectivity index (χ1n) is 5.61. The SMILES string of the molecule is CCCNCC(=O)Nc1ccc(C(F)(F)F)cc1. The van der Waals surface area contributed by atoms with Crippen LogP contribution in [0.2, 0.25) is 0 Å². The standard InChI is InChI=1S/C12H15F3N2O/c1-2-7-16-8-11(18)17-10-5-3-9(4-6-10)12(13,14)15/h3-6,16H,2,7-8H2,1H3,(H,17,18). The second kappa shape index (κ2) is 6.39. The van der Waals surface area contributed by atoms with Crippen molar-refractivity contribution in [2.45, 2.75) is 19.5 Å². The highest BCUT2D eigenvalue weighted by atomic mass is 19.4. The normalized spacial score (nSPS) is 11.3. The first-order valence-corrected chi connectivity index (χ1v) is 5.61. The van der Waals surface area contributed by atoms with Crippen LogP contribution in [0.5, 0.6) is 0 Å². The van der Waals surface area contributed by atoms with Crippen molar-refractivity contribution in [2.24, 2.45) is 0 Å². The van der Waals surface area contributed by atoms with Crippen molar-refractivity contribution >= 4 is 11.6 Å². The third kappa shape index (κ3) is 4.75. The van der Waals surface area contributed by atoms with Gasteiger partial charge >= 0.3 is 6.18 Å². The van der Waals surface area contributed by atoms with E-state index < -0.39 is 11.7 Å². The van der Waals surface area contributed by atoms with Crippen LogP contribution >= 0.6 is 0 Å². The van der Waals surface area contributed by atoms with Gasteiger partial charge in [0, 0.05) is 5.69 Å². The molecule has 0 heterocycles. The highest BCUT2D eigenvalue weighted by Gasteiger charge is 2.29. The Morgan fingerprint density at radius 1 is 1.22 bits per heavy atom. The Bertz CT molecular complexity index is 387. The first kappa shape index (κ1) is 14.5. The molecule has 0 aliphatic heterocycles. The minimum absolute atomic E-state index is 0.148. The summed E-state index contributed by atoms with van der Waals surface area (Å²) in [4.78, 5) is 11.4. The van der Waals surface area contributed by atoms with Crippen LogP contribution in [0.25, 0.3) is 0 Å². The Kier molecular flexibility index (Phi) is 5.15. The van der Waals surface area contributed by atoms with E-state index in [0.717, 1.165) is 25.1 Å². The van der Waals surface area contributed by atoms with Crippen LogP contribution < -0.4 is 10.6 Å². The number of hydrogen-bond donors (Lipinski definition) is 2. The molecule has 6 heteroatoms. The molecule has 100 valence electrons. The Morgan fingerprint density at radius 2 is 1.83 bits per heavy atom. The molecular formula is C12H15F3N2O. The Hall–Kier alpha value is -1.56. The van der Waals surface area contributed by atoms with E-state index in [9.17, 15) is 18.0 Å². The van der Waals surface area contributed by atoms with Crippen LogP contribution in [0.15, 0.2) is 24.3 Å². The van der Waals surface area contributed by atoms with E-state index in [4.69, 9.17) is 0 Å². The van der Waals surface area contributed by atoms with Gasteiger partial charge in [-0.15, -0.1) is 0 Å². The topological polar surface area (TPSA) is 41.1 Å². The van der Waals surface area contributed by atoms with Crippen molar-refractivity contribution in [1.29, 1.82) is 0 Å². The average Bonchev–Trinajstić information content (AvgIpc) is 2.29. The quantitative estimate of drug-likeness (QED) is 0.799. The van der Waals surface area contributed by atoms with Crippen molar-refractivity contribution in [3.63, 3.8) is 0 Å². The van der Waals surface area contributed by atoms with Gasteiger partial charge in [-0.25, -0.2) is 0 Å². The van der Waals surface area contributed by atoms with E-state index in [2.05, 4.69) is 10.6 Å². The van der Waals surface area contributed by atoms with Crippen molar-refractivity contribution in [3.8, 4) is 0 Å². The van der Waals surface area contributed by atoms with E-state index in [-0.39, 0.29) is 12.5 Å². The van der Waals surface area contributed by atoms with Crippen molar-refractivity contribution < 1.29 is 18.0 Å². The highest BCUT2D eigenvalue weighted by Crippen LogP contribution is 2.29. The van der Waals surface area contributed by atoms with Gasteiger partial charge in [0.1, 0.15) is 0 Å². The first-order chi connectivity index (χ1) is 8.43. The minimum Gasteiger partial charge on any atom is -0.325 e. The highest BCUT2D eigenvalue weighted by molar-refractivity contribution is 5.92. The second-order valence-corrected chi connectivity index (χ2v) is 3.80. The van der Waals surface area contributed by atoms with Gasteiger partial charge < -0.3 is 10.6 Å². The van der Waals surface area contributed by atoms with Crippen LogP contribution in [0, 0.1) is 0 Å². The predicted octanol–water partition coefficient (Wildman–Crippen LogP) is 2.64. The summed E-state index contributed by atoms with van der Waals surface area (Å²) in [5.74, 6) is -0.275. The zero-order valence-corrected chi connectivity index (χ0v) is 9.97. The van der Waals surface area contributed by atoms with Crippen LogP contribution in [0.4, 0.5) is 18.9 Å². The van der Waals surface area contributed by atoms with Gasteiger partial charge in [0.05, 0.1) is 12.1 Å². The summed E-state index contributed by atoms with van der Waals surface area (Å²) < 4.78 is 36.9. The lowest BCUT2D eigenvalue weighted by atomic mass is 10.2. The number of hydrogen-bond acceptors (Lipinski definition) is 2. The Labute approximate surface area is 103 Å². The molecule has 0 saturated heterocycles. The zero-order chi connectivity index (χ0) is 13.6. The van der Waals surface area contributed by atoms with E-state index in [1.807, 2.05) is 6.92 Å². The number of anilines is 1. The summed E-state index contributed by atoms with van der Waals surface area (Å²) in [5.41, 5.74) is -0.379. The van der Waals surface area contributed by atoms with Crippen molar-refractivity contribution in [2.75, 3.05) is 18.4 Å². The summed E-state index contributed by atoms with van der Waals surface area (Å²) in [5, 5.41) is 5.41. The second-order valence-electron chi connectivity index (χ2n) is 3.80. The maximum Gasteiger partial charge on any atom is 0.416 e. The third-order valence-electron chi connectivity index (χ3n) is 2.21. The summed E-state index contributed by atoms with van der Waals surface area (Å²) >= 11 is 0. The van der Waals surface area contributed by atoms with Crippen LogP contribution in [0.1, 0.15) is 18.9 Å². The molecule has 0 spiro atoms. The molecule has 0 aromatic heterocycles. The molecule has 1 aromatic carbocycles. The largest absolute Gasteiger partial charge is 0.416 e. The fourth-order valence-corrected chi connectivity index (χ4v) is 1.33. The van der Waals surface area contributed by atoms with Gasteiger partial charge in [0.2, 0.25) is 5.91 Å². The number of nitrogens with one attached hydrogen (secondary N) is 2. The van der Waals surface area contributed by atoms with E-state index in [0.29, 0.717) is 5.69 Å². The molecule has 0 fully saturated rings. The van der Waals surface area contributed by atoms with Gasteiger partial charge in [0.25, 0.3) is 0 Å². The lowest BCUT2D eigenvalue weighted by Gasteiger charge is -2.09. The fourth-order valence-electron chi connectivity index (χ4n) is 1.33. The minimum atomic E-state index is -4.36.